The fourth-order valence-corrected chi connectivity index (χ4v) is 3.61. The van der Waals surface area contributed by atoms with Crippen LogP contribution < -0.4 is 5.32 Å². The molecule has 1 heterocycles. The number of amides is 1. The summed E-state index contributed by atoms with van der Waals surface area (Å²) in [5.74, 6) is -0.132. The summed E-state index contributed by atoms with van der Waals surface area (Å²) in [6.45, 7) is 9.13. The van der Waals surface area contributed by atoms with Crippen molar-refractivity contribution < 1.29 is 9.18 Å². The van der Waals surface area contributed by atoms with Crippen LogP contribution in [-0.4, -0.2) is 16.5 Å². The van der Waals surface area contributed by atoms with Gasteiger partial charge in [-0.25, -0.2) is 4.39 Å². The summed E-state index contributed by atoms with van der Waals surface area (Å²) >= 11 is 0. The van der Waals surface area contributed by atoms with E-state index in [0.717, 1.165) is 28.6 Å². The van der Waals surface area contributed by atoms with Crippen LogP contribution >= 0.6 is 0 Å². The summed E-state index contributed by atoms with van der Waals surface area (Å²) in [5, 5.41) is 4.21. The predicted molar refractivity (Wildman–Crippen MR) is 113 cm³/mol. The highest BCUT2D eigenvalue weighted by atomic mass is 19.1. The Morgan fingerprint density at radius 2 is 1.86 bits per heavy atom. The molecule has 0 aliphatic heterocycles. The minimum atomic E-state index is -0.280. The summed E-state index contributed by atoms with van der Waals surface area (Å²) in [4.78, 5) is 12.8. The molecule has 0 saturated carbocycles. The average Bonchev–Trinajstić information content (AvgIpc) is 3.04. The third-order valence-electron chi connectivity index (χ3n) is 5.56. The number of carbonyl (C=O) groups is 1. The van der Waals surface area contributed by atoms with Crippen LogP contribution in [0, 0.1) is 11.7 Å². The Labute approximate surface area is 166 Å². The second-order valence-electron chi connectivity index (χ2n) is 7.80. The first-order chi connectivity index (χ1) is 13.4. The Kier molecular flexibility index (Phi) is 6.18. The third-order valence-corrected chi connectivity index (χ3v) is 5.56. The highest BCUT2D eigenvalue weighted by Crippen LogP contribution is 2.35. The van der Waals surface area contributed by atoms with Gasteiger partial charge in [-0.15, -0.1) is 0 Å². The molecule has 148 valence electrons. The summed E-state index contributed by atoms with van der Waals surface area (Å²) < 4.78 is 16.2. The SMILES string of the molecule is CCn1cc(C(CC(=O)NC(C)C(C)C)c2cccc(F)c2)c2ccccc21. The number of halogens is 1. The van der Waals surface area contributed by atoms with Gasteiger partial charge < -0.3 is 9.88 Å². The maximum Gasteiger partial charge on any atom is 0.221 e. The van der Waals surface area contributed by atoms with Gasteiger partial charge in [-0.05, 0) is 49.1 Å². The maximum atomic E-state index is 14.0. The zero-order chi connectivity index (χ0) is 20.3. The van der Waals surface area contributed by atoms with Crippen LogP contribution in [0.25, 0.3) is 10.9 Å². The molecule has 3 aromatic rings. The van der Waals surface area contributed by atoms with Crippen LogP contribution in [0.15, 0.2) is 54.7 Å². The highest BCUT2D eigenvalue weighted by molar-refractivity contribution is 5.86. The first-order valence-corrected chi connectivity index (χ1v) is 10.0. The Bertz CT molecular complexity index is 960. The minimum Gasteiger partial charge on any atom is -0.353 e. The Balaban J connectivity index is 2.04. The first kappa shape index (κ1) is 20.1. The van der Waals surface area contributed by atoms with E-state index in [2.05, 4.69) is 49.0 Å². The molecule has 2 atom stereocenters. The molecule has 0 fully saturated rings. The molecule has 1 aromatic heterocycles. The number of benzene rings is 2. The lowest BCUT2D eigenvalue weighted by atomic mass is 9.87. The van der Waals surface area contributed by atoms with Gasteiger partial charge in [0.25, 0.3) is 0 Å². The molecular weight excluding hydrogens is 351 g/mol. The van der Waals surface area contributed by atoms with Crippen LogP contribution in [0.3, 0.4) is 0 Å². The summed E-state index contributed by atoms with van der Waals surface area (Å²) in [6.07, 6.45) is 2.40. The number of para-hydroxylation sites is 1. The van der Waals surface area contributed by atoms with E-state index in [1.165, 1.54) is 6.07 Å². The molecule has 3 rings (SSSR count). The van der Waals surface area contributed by atoms with Gasteiger partial charge >= 0.3 is 0 Å². The largest absolute Gasteiger partial charge is 0.353 e. The van der Waals surface area contributed by atoms with Crippen molar-refractivity contribution in [3.05, 3.63) is 71.7 Å². The standard InChI is InChI=1S/C24H29FN2O/c1-5-27-15-22(20-11-6-7-12-23(20)27)21(18-9-8-10-19(25)13-18)14-24(28)26-17(4)16(2)3/h6-13,15-17,21H,5,14H2,1-4H3,(H,26,28). The molecule has 0 spiro atoms. The highest BCUT2D eigenvalue weighted by Gasteiger charge is 2.24. The van der Waals surface area contributed by atoms with Crippen molar-refractivity contribution in [2.24, 2.45) is 5.92 Å². The fourth-order valence-electron chi connectivity index (χ4n) is 3.61. The van der Waals surface area contributed by atoms with E-state index in [9.17, 15) is 9.18 Å². The zero-order valence-electron chi connectivity index (χ0n) is 17.1. The smallest absolute Gasteiger partial charge is 0.221 e. The molecule has 4 heteroatoms. The van der Waals surface area contributed by atoms with Crippen LogP contribution in [-0.2, 0) is 11.3 Å². The summed E-state index contributed by atoms with van der Waals surface area (Å²) in [7, 11) is 0. The lowest BCUT2D eigenvalue weighted by molar-refractivity contribution is -0.122. The van der Waals surface area contributed by atoms with E-state index in [1.807, 2.05) is 25.1 Å². The van der Waals surface area contributed by atoms with E-state index < -0.39 is 0 Å². The first-order valence-electron chi connectivity index (χ1n) is 10.0. The maximum absolute atomic E-state index is 14.0. The van der Waals surface area contributed by atoms with Crippen molar-refractivity contribution in [2.45, 2.75) is 52.6 Å². The zero-order valence-corrected chi connectivity index (χ0v) is 17.1. The van der Waals surface area contributed by atoms with Crippen LogP contribution in [0.5, 0.6) is 0 Å². The lowest BCUT2D eigenvalue weighted by Crippen LogP contribution is -2.36. The molecule has 0 aliphatic carbocycles. The Morgan fingerprint density at radius 1 is 1.11 bits per heavy atom. The van der Waals surface area contributed by atoms with Crippen molar-refractivity contribution >= 4 is 16.8 Å². The number of aryl methyl sites for hydroxylation is 1. The number of rotatable bonds is 7. The van der Waals surface area contributed by atoms with Crippen molar-refractivity contribution in [1.29, 1.82) is 0 Å². The van der Waals surface area contributed by atoms with Gasteiger partial charge in [0.2, 0.25) is 5.91 Å². The number of fused-ring (bicyclic) bond motifs is 1. The average molecular weight is 381 g/mol. The number of carbonyl (C=O) groups excluding carboxylic acids is 1. The summed E-state index contributed by atoms with van der Waals surface area (Å²) in [6, 6.07) is 14.9. The van der Waals surface area contributed by atoms with Crippen LogP contribution in [0.1, 0.15) is 51.2 Å². The second-order valence-corrected chi connectivity index (χ2v) is 7.80. The molecule has 0 radical (unpaired) electrons. The number of aromatic nitrogens is 1. The van der Waals surface area contributed by atoms with Crippen molar-refractivity contribution in [3.63, 3.8) is 0 Å². The van der Waals surface area contributed by atoms with Crippen molar-refractivity contribution in [3.8, 4) is 0 Å². The van der Waals surface area contributed by atoms with Gasteiger partial charge in [0.1, 0.15) is 5.82 Å². The van der Waals surface area contributed by atoms with Crippen molar-refractivity contribution in [2.75, 3.05) is 0 Å². The fraction of sp³-hybridized carbons (Fsp3) is 0.375. The lowest BCUT2D eigenvalue weighted by Gasteiger charge is -2.21. The van der Waals surface area contributed by atoms with Gasteiger partial charge in [0, 0.05) is 42.0 Å². The van der Waals surface area contributed by atoms with E-state index in [4.69, 9.17) is 0 Å². The molecule has 1 N–H and O–H groups in total. The van der Waals surface area contributed by atoms with E-state index >= 15 is 0 Å². The molecule has 0 aliphatic rings. The monoisotopic (exact) mass is 380 g/mol. The number of hydrogen-bond donors (Lipinski definition) is 1. The third kappa shape index (κ3) is 4.27. The van der Waals surface area contributed by atoms with E-state index in [0.29, 0.717) is 5.92 Å². The van der Waals surface area contributed by atoms with E-state index in [1.54, 1.807) is 12.1 Å². The Morgan fingerprint density at radius 3 is 2.54 bits per heavy atom. The van der Waals surface area contributed by atoms with Gasteiger partial charge in [0.05, 0.1) is 0 Å². The molecule has 28 heavy (non-hydrogen) atoms. The van der Waals surface area contributed by atoms with Gasteiger partial charge in [-0.3, -0.25) is 4.79 Å². The normalized spacial score (nSPS) is 13.6. The quantitative estimate of drug-likeness (QED) is 0.578. The molecule has 2 aromatic carbocycles. The second kappa shape index (κ2) is 8.59. The van der Waals surface area contributed by atoms with E-state index in [-0.39, 0.29) is 30.1 Å². The number of hydrogen-bond acceptors (Lipinski definition) is 1. The molecule has 1 amide bonds. The molecular formula is C24H29FN2O. The van der Waals surface area contributed by atoms with Gasteiger partial charge in [-0.1, -0.05) is 44.2 Å². The van der Waals surface area contributed by atoms with Gasteiger partial charge in [0.15, 0.2) is 0 Å². The van der Waals surface area contributed by atoms with Gasteiger partial charge in [-0.2, -0.15) is 0 Å². The molecule has 2 unspecified atom stereocenters. The number of nitrogens with zero attached hydrogens (tertiary/aromatic N) is 1. The topological polar surface area (TPSA) is 34.0 Å². The van der Waals surface area contributed by atoms with Crippen molar-refractivity contribution in [1.82, 2.24) is 9.88 Å². The number of nitrogens with one attached hydrogen (secondary N) is 1. The molecule has 0 bridgehead atoms. The predicted octanol–water partition coefficient (Wildman–Crippen LogP) is 5.48. The Hall–Kier alpha value is -2.62. The summed E-state index contributed by atoms with van der Waals surface area (Å²) in [5.41, 5.74) is 3.03. The molecule has 0 saturated heterocycles. The minimum absolute atomic E-state index is 0.0104. The molecule has 3 nitrogen and oxygen atoms in total. The van der Waals surface area contributed by atoms with Crippen LogP contribution in [0.4, 0.5) is 4.39 Å². The van der Waals surface area contributed by atoms with Crippen LogP contribution in [0.2, 0.25) is 0 Å².